The molecule has 1 aliphatic rings. The Balaban J connectivity index is 1.82. The number of carbonyl (C=O) groups is 1. The predicted molar refractivity (Wildman–Crippen MR) is 75.5 cm³/mol. The number of amides is 1. The topological polar surface area (TPSA) is 50.4 Å². The highest BCUT2D eigenvalue weighted by molar-refractivity contribution is 6.32. The fourth-order valence-electron chi connectivity index (χ4n) is 2.23. The largest absolute Gasteiger partial charge is 0.482 e. The fourth-order valence-corrected chi connectivity index (χ4v) is 2.45. The monoisotopic (exact) mass is 300 g/mol. The van der Waals surface area contributed by atoms with Gasteiger partial charge in [-0.3, -0.25) is 4.79 Å². The van der Waals surface area contributed by atoms with Gasteiger partial charge in [0.05, 0.1) is 5.02 Å². The summed E-state index contributed by atoms with van der Waals surface area (Å²) in [4.78, 5) is 11.8. The van der Waals surface area contributed by atoms with Crippen LogP contribution in [0.1, 0.15) is 19.8 Å². The molecule has 0 spiro atoms. The lowest BCUT2D eigenvalue weighted by Gasteiger charge is -2.30. The van der Waals surface area contributed by atoms with Crippen LogP contribution < -0.4 is 15.4 Å². The van der Waals surface area contributed by atoms with Crippen LogP contribution in [0.3, 0.4) is 0 Å². The van der Waals surface area contributed by atoms with Crippen LogP contribution >= 0.6 is 11.6 Å². The minimum atomic E-state index is -0.436. The van der Waals surface area contributed by atoms with E-state index in [-0.39, 0.29) is 29.6 Å². The predicted octanol–water partition coefficient (Wildman–Crippen LogP) is 2.11. The van der Waals surface area contributed by atoms with Gasteiger partial charge in [-0.15, -0.1) is 0 Å². The lowest BCUT2D eigenvalue weighted by Crippen LogP contribution is -2.52. The van der Waals surface area contributed by atoms with Gasteiger partial charge in [0.15, 0.2) is 6.61 Å². The van der Waals surface area contributed by atoms with Crippen LogP contribution in [-0.2, 0) is 4.79 Å². The van der Waals surface area contributed by atoms with Crippen LogP contribution in [0, 0.1) is 5.82 Å². The molecule has 1 heterocycles. The summed E-state index contributed by atoms with van der Waals surface area (Å²) in [5.74, 6) is -0.335. The first kappa shape index (κ1) is 15.1. The van der Waals surface area contributed by atoms with Gasteiger partial charge in [-0.1, -0.05) is 11.6 Å². The third-order valence-electron chi connectivity index (χ3n) is 3.36. The van der Waals surface area contributed by atoms with Crippen molar-refractivity contribution in [2.45, 2.75) is 31.8 Å². The number of benzene rings is 1. The Bertz CT molecular complexity index is 484. The summed E-state index contributed by atoms with van der Waals surface area (Å²) in [5, 5.41) is 6.39. The number of nitrogens with one attached hydrogen (secondary N) is 2. The van der Waals surface area contributed by atoms with Crippen molar-refractivity contribution in [3.05, 3.63) is 29.0 Å². The van der Waals surface area contributed by atoms with Gasteiger partial charge in [0.2, 0.25) is 0 Å². The van der Waals surface area contributed by atoms with E-state index >= 15 is 0 Å². The number of rotatable bonds is 4. The molecule has 4 nitrogen and oxygen atoms in total. The second kappa shape index (κ2) is 6.90. The molecule has 2 rings (SSSR count). The van der Waals surface area contributed by atoms with Crippen LogP contribution in [0.2, 0.25) is 5.02 Å². The molecule has 1 aromatic rings. The summed E-state index contributed by atoms with van der Waals surface area (Å²) in [6.45, 7) is 2.89. The second-order valence-corrected chi connectivity index (χ2v) is 5.33. The first-order chi connectivity index (χ1) is 9.56. The number of hydrogen-bond acceptors (Lipinski definition) is 3. The van der Waals surface area contributed by atoms with Gasteiger partial charge in [0, 0.05) is 12.1 Å². The molecule has 6 heteroatoms. The molecule has 0 saturated carbocycles. The Kier molecular flexibility index (Phi) is 5.20. The number of carbonyl (C=O) groups excluding carboxylic acids is 1. The molecular weight excluding hydrogens is 283 g/mol. The van der Waals surface area contributed by atoms with Crippen LogP contribution in [-0.4, -0.2) is 31.1 Å². The van der Waals surface area contributed by atoms with Crippen molar-refractivity contribution >= 4 is 17.5 Å². The quantitative estimate of drug-likeness (QED) is 0.895. The zero-order valence-electron chi connectivity index (χ0n) is 11.3. The molecule has 1 amide bonds. The van der Waals surface area contributed by atoms with E-state index in [0.717, 1.165) is 25.5 Å². The smallest absolute Gasteiger partial charge is 0.258 e. The van der Waals surface area contributed by atoms with Crippen molar-refractivity contribution in [1.82, 2.24) is 10.6 Å². The summed E-state index contributed by atoms with van der Waals surface area (Å²) in [6.07, 6.45) is 2.00. The fraction of sp³-hybridized carbons (Fsp3) is 0.500. The maximum atomic E-state index is 12.9. The SMILES string of the molecule is CC1NCCCC1NC(=O)COc1ccc(F)cc1Cl. The van der Waals surface area contributed by atoms with Gasteiger partial charge in [0.1, 0.15) is 11.6 Å². The molecule has 0 bridgehead atoms. The number of ether oxygens (including phenoxy) is 1. The minimum absolute atomic E-state index is 0.114. The van der Waals surface area contributed by atoms with E-state index in [1.807, 2.05) is 6.92 Å². The van der Waals surface area contributed by atoms with Crippen molar-refractivity contribution in [3.8, 4) is 5.75 Å². The lowest BCUT2D eigenvalue weighted by molar-refractivity contribution is -0.124. The summed E-state index contributed by atoms with van der Waals surface area (Å²) in [7, 11) is 0. The van der Waals surface area contributed by atoms with Crippen LogP contribution in [0.4, 0.5) is 4.39 Å². The lowest BCUT2D eigenvalue weighted by atomic mass is 10.00. The van der Waals surface area contributed by atoms with Gasteiger partial charge in [-0.25, -0.2) is 4.39 Å². The van der Waals surface area contributed by atoms with Crippen molar-refractivity contribution in [2.75, 3.05) is 13.2 Å². The zero-order chi connectivity index (χ0) is 14.5. The molecule has 1 fully saturated rings. The molecule has 2 N–H and O–H groups in total. The van der Waals surface area contributed by atoms with Crippen molar-refractivity contribution in [1.29, 1.82) is 0 Å². The molecule has 20 heavy (non-hydrogen) atoms. The van der Waals surface area contributed by atoms with E-state index in [0.29, 0.717) is 5.75 Å². The van der Waals surface area contributed by atoms with E-state index in [2.05, 4.69) is 10.6 Å². The molecule has 0 radical (unpaired) electrons. The molecule has 110 valence electrons. The average Bonchev–Trinajstić information content (AvgIpc) is 2.40. The van der Waals surface area contributed by atoms with Gasteiger partial charge in [-0.05, 0) is 44.5 Å². The normalized spacial score (nSPS) is 22.4. The van der Waals surface area contributed by atoms with Crippen molar-refractivity contribution in [2.24, 2.45) is 0 Å². The molecule has 0 aromatic heterocycles. The van der Waals surface area contributed by atoms with E-state index in [1.165, 1.54) is 12.1 Å². The maximum Gasteiger partial charge on any atom is 0.258 e. The molecule has 1 aromatic carbocycles. The first-order valence-electron chi connectivity index (χ1n) is 6.67. The van der Waals surface area contributed by atoms with Gasteiger partial charge >= 0.3 is 0 Å². The second-order valence-electron chi connectivity index (χ2n) is 4.92. The standard InChI is InChI=1S/C14H18ClFN2O2/c1-9-12(3-2-6-17-9)18-14(19)8-20-13-5-4-10(16)7-11(13)15/h4-5,7,9,12,17H,2-3,6,8H2,1H3,(H,18,19). The van der Waals surface area contributed by atoms with Gasteiger partial charge in [0.25, 0.3) is 5.91 Å². The number of piperidine rings is 1. The van der Waals surface area contributed by atoms with Crippen LogP contribution in [0.25, 0.3) is 0 Å². The first-order valence-corrected chi connectivity index (χ1v) is 7.04. The third-order valence-corrected chi connectivity index (χ3v) is 3.66. The van der Waals surface area contributed by atoms with E-state index in [1.54, 1.807) is 0 Å². The van der Waals surface area contributed by atoms with E-state index in [4.69, 9.17) is 16.3 Å². The van der Waals surface area contributed by atoms with Gasteiger partial charge < -0.3 is 15.4 Å². The average molecular weight is 301 g/mol. The van der Waals surface area contributed by atoms with Crippen molar-refractivity contribution < 1.29 is 13.9 Å². The summed E-state index contributed by atoms with van der Waals surface area (Å²) < 4.78 is 18.2. The minimum Gasteiger partial charge on any atom is -0.482 e. The van der Waals surface area contributed by atoms with E-state index < -0.39 is 5.82 Å². The third kappa shape index (κ3) is 4.08. The van der Waals surface area contributed by atoms with Gasteiger partial charge in [-0.2, -0.15) is 0 Å². The molecule has 2 atom stereocenters. The Hall–Kier alpha value is -1.33. The summed E-state index contributed by atoms with van der Waals surface area (Å²) >= 11 is 5.82. The van der Waals surface area contributed by atoms with E-state index in [9.17, 15) is 9.18 Å². The Morgan fingerprint density at radius 2 is 2.40 bits per heavy atom. The molecule has 0 aliphatic carbocycles. The molecular formula is C14H18ClFN2O2. The maximum absolute atomic E-state index is 12.9. The molecule has 2 unspecified atom stereocenters. The Labute approximate surface area is 122 Å². The van der Waals surface area contributed by atoms with Crippen LogP contribution in [0.5, 0.6) is 5.75 Å². The highest BCUT2D eigenvalue weighted by Gasteiger charge is 2.22. The zero-order valence-corrected chi connectivity index (χ0v) is 12.0. The van der Waals surface area contributed by atoms with Crippen molar-refractivity contribution in [3.63, 3.8) is 0 Å². The highest BCUT2D eigenvalue weighted by Crippen LogP contribution is 2.24. The number of hydrogen-bond donors (Lipinski definition) is 2. The molecule has 1 saturated heterocycles. The Morgan fingerprint density at radius 1 is 1.60 bits per heavy atom. The highest BCUT2D eigenvalue weighted by atomic mass is 35.5. The molecule has 1 aliphatic heterocycles. The Morgan fingerprint density at radius 3 is 3.10 bits per heavy atom. The summed E-state index contributed by atoms with van der Waals surface area (Å²) in [6, 6.07) is 4.18. The van der Waals surface area contributed by atoms with Crippen LogP contribution in [0.15, 0.2) is 18.2 Å². The summed E-state index contributed by atoms with van der Waals surface area (Å²) in [5.41, 5.74) is 0. The number of halogens is 2.